The molecule has 0 N–H and O–H groups in total. The lowest BCUT2D eigenvalue weighted by molar-refractivity contribution is 0.376. The summed E-state index contributed by atoms with van der Waals surface area (Å²) in [4.78, 5) is 0. The molecule has 1 fully saturated rings. The van der Waals surface area contributed by atoms with Crippen molar-refractivity contribution < 1.29 is 4.39 Å². The van der Waals surface area contributed by atoms with E-state index in [1.807, 2.05) is 6.07 Å². The van der Waals surface area contributed by atoms with Gasteiger partial charge in [0.2, 0.25) is 0 Å². The molecule has 0 amide bonds. The number of allylic oxidation sites excluding steroid dienone is 2. The molecule has 0 aliphatic heterocycles. The highest BCUT2D eigenvalue weighted by molar-refractivity contribution is 6.30. The molecule has 2 heteroatoms. The zero-order chi connectivity index (χ0) is 16.2. The Balaban J connectivity index is 1.71. The van der Waals surface area contributed by atoms with Crippen molar-refractivity contribution in [3.63, 3.8) is 0 Å². The lowest BCUT2D eigenvalue weighted by atomic mass is 9.78. The average Bonchev–Trinajstić information content (AvgIpc) is 2.59. The largest absolute Gasteiger partial charge is 0.205 e. The molecular weight excluding hydrogens is 307 g/mol. The summed E-state index contributed by atoms with van der Waals surface area (Å²) in [6, 6.07) is 13.6. The summed E-state index contributed by atoms with van der Waals surface area (Å²) in [6.45, 7) is 2.10. The second kappa shape index (κ2) is 7.31. The first-order valence-corrected chi connectivity index (χ1v) is 8.73. The van der Waals surface area contributed by atoms with Crippen molar-refractivity contribution in [3.8, 4) is 11.1 Å². The molecule has 3 rings (SSSR count). The van der Waals surface area contributed by atoms with Crippen molar-refractivity contribution in [1.82, 2.24) is 0 Å². The first kappa shape index (κ1) is 16.3. The SMILES string of the molecule is C/C=C/C1CCC(c2ccc(-c3ccc(Cl)c(F)c3)cc2)CC1. The lowest BCUT2D eigenvalue weighted by Gasteiger charge is -2.27. The Kier molecular flexibility index (Phi) is 5.17. The Morgan fingerprint density at radius 1 is 0.957 bits per heavy atom. The third-order valence-corrected chi connectivity index (χ3v) is 5.18. The molecule has 2 aromatic rings. The Hall–Kier alpha value is -1.60. The number of rotatable bonds is 3. The monoisotopic (exact) mass is 328 g/mol. The number of hydrogen-bond acceptors (Lipinski definition) is 0. The van der Waals surface area contributed by atoms with Gasteiger partial charge in [-0.25, -0.2) is 4.39 Å². The van der Waals surface area contributed by atoms with Gasteiger partial charge in [0.25, 0.3) is 0 Å². The first-order valence-electron chi connectivity index (χ1n) is 8.35. The van der Waals surface area contributed by atoms with Crippen LogP contribution in [-0.2, 0) is 0 Å². The summed E-state index contributed by atoms with van der Waals surface area (Å²) in [7, 11) is 0. The van der Waals surface area contributed by atoms with Crippen molar-refractivity contribution in [3.05, 3.63) is 71.0 Å². The van der Waals surface area contributed by atoms with Crippen LogP contribution in [0.15, 0.2) is 54.6 Å². The van der Waals surface area contributed by atoms with Crippen LogP contribution in [-0.4, -0.2) is 0 Å². The van der Waals surface area contributed by atoms with Gasteiger partial charge in [-0.15, -0.1) is 0 Å². The molecule has 0 saturated heterocycles. The molecule has 1 saturated carbocycles. The van der Waals surface area contributed by atoms with Gasteiger partial charge in [-0.2, -0.15) is 0 Å². The van der Waals surface area contributed by atoms with Crippen LogP contribution in [0.2, 0.25) is 5.02 Å². The number of halogens is 2. The molecular formula is C21H22ClF. The molecule has 2 aromatic carbocycles. The Morgan fingerprint density at radius 3 is 2.22 bits per heavy atom. The van der Waals surface area contributed by atoms with E-state index in [9.17, 15) is 4.39 Å². The first-order chi connectivity index (χ1) is 11.2. The van der Waals surface area contributed by atoms with Crippen molar-refractivity contribution >= 4 is 11.6 Å². The van der Waals surface area contributed by atoms with Crippen LogP contribution in [0.3, 0.4) is 0 Å². The molecule has 0 nitrogen and oxygen atoms in total. The van der Waals surface area contributed by atoms with E-state index in [2.05, 4.69) is 43.3 Å². The maximum Gasteiger partial charge on any atom is 0.142 e. The molecule has 1 aliphatic carbocycles. The second-order valence-corrected chi connectivity index (χ2v) is 6.80. The molecule has 0 spiro atoms. The van der Waals surface area contributed by atoms with Gasteiger partial charge in [0, 0.05) is 0 Å². The Morgan fingerprint density at radius 2 is 1.61 bits per heavy atom. The maximum atomic E-state index is 13.6. The summed E-state index contributed by atoms with van der Waals surface area (Å²) in [6.07, 6.45) is 9.57. The summed E-state index contributed by atoms with van der Waals surface area (Å²) < 4.78 is 13.6. The fraction of sp³-hybridized carbons (Fsp3) is 0.333. The number of benzene rings is 2. The van der Waals surface area contributed by atoms with Gasteiger partial charge in [0.1, 0.15) is 5.82 Å². The second-order valence-electron chi connectivity index (χ2n) is 6.39. The van der Waals surface area contributed by atoms with Crippen molar-refractivity contribution in [2.24, 2.45) is 5.92 Å². The minimum Gasteiger partial charge on any atom is -0.205 e. The van der Waals surface area contributed by atoms with Gasteiger partial charge in [-0.05, 0) is 73.3 Å². The molecule has 0 radical (unpaired) electrons. The summed E-state index contributed by atoms with van der Waals surface area (Å²) in [5.74, 6) is 1.05. The molecule has 23 heavy (non-hydrogen) atoms. The van der Waals surface area contributed by atoms with Crippen molar-refractivity contribution in [2.75, 3.05) is 0 Å². The predicted molar refractivity (Wildman–Crippen MR) is 96.4 cm³/mol. The third-order valence-electron chi connectivity index (χ3n) is 4.87. The molecule has 0 aromatic heterocycles. The third kappa shape index (κ3) is 3.84. The summed E-state index contributed by atoms with van der Waals surface area (Å²) in [5.41, 5.74) is 3.31. The van der Waals surface area contributed by atoms with E-state index in [-0.39, 0.29) is 10.8 Å². The topological polar surface area (TPSA) is 0 Å². The molecule has 0 bridgehead atoms. The maximum absolute atomic E-state index is 13.6. The highest BCUT2D eigenvalue weighted by Gasteiger charge is 2.20. The highest BCUT2D eigenvalue weighted by Crippen LogP contribution is 2.37. The van der Waals surface area contributed by atoms with E-state index in [1.165, 1.54) is 37.3 Å². The molecule has 0 unspecified atom stereocenters. The molecule has 1 aliphatic rings. The van der Waals surface area contributed by atoms with Gasteiger partial charge < -0.3 is 0 Å². The summed E-state index contributed by atoms with van der Waals surface area (Å²) in [5, 5.41) is 0.170. The van der Waals surface area contributed by atoms with E-state index < -0.39 is 0 Å². The van der Waals surface area contributed by atoms with E-state index >= 15 is 0 Å². The van der Waals surface area contributed by atoms with Gasteiger partial charge >= 0.3 is 0 Å². The summed E-state index contributed by atoms with van der Waals surface area (Å²) >= 11 is 5.75. The molecule has 0 heterocycles. The smallest absolute Gasteiger partial charge is 0.142 e. The van der Waals surface area contributed by atoms with E-state index in [4.69, 9.17) is 11.6 Å². The van der Waals surface area contributed by atoms with Crippen LogP contribution in [0.1, 0.15) is 44.1 Å². The number of hydrogen-bond donors (Lipinski definition) is 0. The fourth-order valence-electron chi connectivity index (χ4n) is 3.54. The van der Waals surface area contributed by atoms with Crippen molar-refractivity contribution in [1.29, 1.82) is 0 Å². The van der Waals surface area contributed by atoms with Crippen LogP contribution in [0.25, 0.3) is 11.1 Å². The van der Waals surface area contributed by atoms with Gasteiger partial charge in [0.15, 0.2) is 0 Å². The Labute approximate surface area is 143 Å². The zero-order valence-electron chi connectivity index (χ0n) is 13.4. The minimum atomic E-state index is -0.365. The average molecular weight is 329 g/mol. The lowest BCUT2D eigenvalue weighted by Crippen LogP contribution is -2.11. The van der Waals surface area contributed by atoms with E-state index in [1.54, 1.807) is 6.07 Å². The highest BCUT2D eigenvalue weighted by atomic mass is 35.5. The fourth-order valence-corrected chi connectivity index (χ4v) is 3.66. The minimum absolute atomic E-state index is 0.170. The predicted octanol–water partition coefficient (Wildman–Crippen LogP) is 7.00. The standard InChI is InChI=1S/C21H22ClF/c1-2-3-15-4-6-16(7-5-15)17-8-10-18(11-9-17)19-12-13-20(22)21(23)14-19/h2-3,8-16H,4-7H2,1H3/b3-2+. The van der Waals surface area contributed by atoms with E-state index in [0.717, 1.165) is 17.0 Å². The zero-order valence-corrected chi connectivity index (χ0v) is 14.2. The Bertz CT molecular complexity index is 679. The van der Waals surface area contributed by atoms with Crippen LogP contribution < -0.4 is 0 Å². The van der Waals surface area contributed by atoms with Crippen LogP contribution in [0.5, 0.6) is 0 Å². The van der Waals surface area contributed by atoms with Crippen LogP contribution in [0.4, 0.5) is 4.39 Å². The van der Waals surface area contributed by atoms with Gasteiger partial charge in [-0.3, -0.25) is 0 Å². The normalized spacial score (nSPS) is 21.7. The quantitative estimate of drug-likeness (QED) is 0.532. The van der Waals surface area contributed by atoms with Crippen molar-refractivity contribution in [2.45, 2.75) is 38.5 Å². The van der Waals surface area contributed by atoms with E-state index in [0.29, 0.717) is 5.92 Å². The van der Waals surface area contributed by atoms with Crippen LogP contribution in [0, 0.1) is 11.7 Å². The van der Waals surface area contributed by atoms with Gasteiger partial charge in [0.05, 0.1) is 5.02 Å². The molecule has 120 valence electrons. The van der Waals surface area contributed by atoms with Gasteiger partial charge in [-0.1, -0.05) is 54.1 Å². The molecule has 0 atom stereocenters. The van der Waals surface area contributed by atoms with Crippen LogP contribution >= 0.6 is 11.6 Å².